The van der Waals surface area contributed by atoms with Crippen LogP contribution < -0.4 is 15.4 Å². The lowest BCUT2D eigenvalue weighted by atomic mass is 10.0. The standard InChI is InChI=1S/C31H25N3O6/c1-19-5-4-7-23(15-19)32-28(35)17-34-29(36)26(33-31(34)39)16-25-24-8-3-2-6-21(24)13-14-27(25)40-18-20-9-11-22(12-10-20)30(37)38/h2-16H,17-18H2,1H3,(H,32,35)(H,33,39)(H,37,38)/b26-16+. The highest BCUT2D eigenvalue weighted by Crippen LogP contribution is 2.31. The molecule has 9 nitrogen and oxygen atoms in total. The fraction of sp³-hybridized carbons (Fsp3) is 0.0968. The number of anilines is 1. The molecule has 1 fully saturated rings. The summed E-state index contributed by atoms with van der Waals surface area (Å²) in [6, 6.07) is 24.1. The van der Waals surface area contributed by atoms with Crippen LogP contribution in [-0.4, -0.2) is 40.4 Å². The van der Waals surface area contributed by atoms with Gasteiger partial charge in [0, 0.05) is 11.3 Å². The van der Waals surface area contributed by atoms with Crippen molar-refractivity contribution in [1.82, 2.24) is 10.2 Å². The van der Waals surface area contributed by atoms with Crippen LogP contribution in [0.15, 0.2) is 90.6 Å². The van der Waals surface area contributed by atoms with Crippen molar-refractivity contribution >= 4 is 46.4 Å². The lowest BCUT2D eigenvalue weighted by Crippen LogP contribution is -2.38. The van der Waals surface area contributed by atoms with Crippen LogP contribution in [0.1, 0.15) is 27.0 Å². The van der Waals surface area contributed by atoms with Gasteiger partial charge in [-0.25, -0.2) is 14.5 Å². The Hall–Kier alpha value is -5.44. The number of urea groups is 1. The lowest BCUT2D eigenvalue weighted by Gasteiger charge is -2.13. The van der Waals surface area contributed by atoms with Gasteiger partial charge in [-0.2, -0.15) is 0 Å². The average molecular weight is 536 g/mol. The van der Waals surface area contributed by atoms with E-state index in [1.54, 1.807) is 42.5 Å². The van der Waals surface area contributed by atoms with Crippen LogP contribution in [0.3, 0.4) is 0 Å². The number of nitrogens with one attached hydrogen (secondary N) is 2. The predicted molar refractivity (Wildman–Crippen MR) is 150 cm³/mol. The number of carboxylic acid groups (broad SMARTS) is 1. The highest BCUT2D eigenvalue weighted by molar-refractivity contribution is 6.16. The third-order valence-corrected chi connectivity index (χ3v) is 6.38. The number of carboxylic acids is 1. The Labute approximate surface area is 229 Å². The smallest absolute Gasteiger partial charge is 0.335 e. The summed E-state index contributed by atoms with van der Waals surface area (Å²) >= 11 is 0. The van der Waals surface area contributed by atoms with Crippen molar-refractivity contribution in [2.24, 2.45) is 0 Å². The monoisotopic (exact) mass is 535 g/mol. The van der Waals surface area contributed by atoms with E-state index in [-0.39, 0.29) is 17.9 Å². The SMILES string of the molecule is Cc1cccc(NC(=O)CN2C(=O)N/C(=C/c3c(OCc4ccc(C(=O)O)cc4)ccc4ccccc34)C2=O)c1. The number of rotatable bonds is 8. The molecule has 0 aromatic heterocycles. The second-order valence-electron chi connectivity index (χ2n) is 9.29. The first-order valence-electron chi connectivity index (χ1n) is 12.5. The minimum Gasteiger partial charge on any atom is -0.488 e. The second kappa shape index (κ2) is 11.1. The lowest BCUT2D eigenvalue weighted by molar-refractivity contribution is -0.127. The van der Waals surface area contributed by atoms with E-state index in [1.165, 1.54) is 12.1 Å². The molecule has 0 bridgehead atoms. The number of amides is 4. The van der Waals surface area contributed by atoms with Gasteiger partial charge in [0.1, 0.15) is 24.6 Å². The van der Waals surface area contributed by atoms with Crippen molar-refractivity contribution < 1.29 is 29.0 Å². The Kier molecular flexibility index (Phi) is 7.28. The Morgan fingerprint density at radius 2 is 1.75 bits per heavy atom. The van der Waals surface area contributed by atoms with E-state index < -0.39 is 30.4 Å². The van der Waals surface area contributed by atoms with Gasteiger partial charge in [-0.3, -0.25) is 9.59 Å². The van der Waals surface area contributed by atoms with Gasteiger partial charge in [-0.15, -0.1) is 0 Å². The first-order chi connectivity index (χ1) is 19.3. The van der Waals surface area contributed by atoms with Crippen molar-refractivity contribution in [3.05, 3.63) is 113 Å². The molecular weight excluding hydrogens is 510 g/mol. The van der Waals surface area contributed by atoms with Gasteiger partial charge >= 0.3 is 12.0 Å². The van der Waals surface area contributed by atoms with E-state index in [0.29, 0.717) is 17.0 Å². The third kappa shape index (κ3) is 5.68. The summed E-state index contributed by atoms with van der Waals surface area (Å²) in [4.78, 5) is 50.4. The highest BCUT2D eigenvalue weighted by atomic mass is 16.5. The zero-order valence-corrected chi connectivity index (χ0v) is 21.5. The molecule has 5 rings (SSSR count). The number of ether oxygens (including phenoxy) is 1. The van der Waals surface area contributed by atoms with Gasteiger partial charge in [0.25, 0.3) is 5.91 Å². The molecule has 9 heteroatoms. The summed E-state index contributed by atoms with van der Waals surface area (Å²) in [5, 5.41) is 16.1. The molecule has 0 unspecified atom stereocenters. The van der Waals surface area contributed by atoms with E-state index >= 15 is 0 Å². The Morgan fingerprint density at radius 1 is 0.975 bits per heavy atom. The topological polar surface area (TPSA) is 125 Å². The molecule has 1 aliphatic heterocycles. The maximum Gasteiger partial charge on any atom is 0.335 e. The van der Waals surface area contributed by atoms with Crippen LogP contribution in [0.2, 0.25) is 0 Å². The van der Waals surface area contributed by atoms with Gasteiger partial charge in [0.15, 0.2) is 0 Å². The average Bonchev–Trinajstić information content (AvgIpc) is 3.20. The summed E-state index contributed by atoms with van der Waals surface area (Å²) in [7, 11) is 0. The van der Waals surface area contributed by atoms with Gasteiger partial charge < -0.3 is 20.5 Å². The maximum atomic E-state index is 13.2. The van der Waals surface area contributed by atoms with Gasteiger partial charge in [0.2, 0.25) is 5.91 Å². The number of carbonyl (C=O) groups is 4. The summed E-state index contributed by atoms with van der Waals surface area (Å²) in [6.45, 7) is 1.60. The summed E-state index contributed by atoms with van der Waals surface area (Å²) < 4.78 is 6.08. The molecule has 1 heterocycles. The second-order valence-corrected chi connectivity index (χ2v) is 9.29. The number of aromatic carboxylic acids is 1. The predicted octanol–water partition coefficient (Wildman–Crippen LogP) is 4.96. The summed E-state index contributed by atoms with van der Waals surface area (Å²) in [5.41, 5.74) is 3.06. The van der Waals surface area contributed by atoms with Gasteiger partial charge in [-0.1, -0.05) is 54.6 Å². The first kappa shape index (κ1) is 26.2. The molecule has 0 aliphatic carbocycles. The Balaban J connectivity index is 1.38. The van der Waals surface area contributed by atoms with Crippen molar-refractivity contribution in [2.45, 2.75) is 13.5 Å². The van der Waals surface area contributed by atoms with E-state index in [1.807, 2.05) is 43.3 Å². The van der Waals surface area contributed by atoms with Gasteiger partial charge in [-0.05, 0) is 65.2 Å². The normalized spacial score (nSPS) is 13.9. The highest BCUT2D eigenvalue weighted by Gasteiger charge is 2.35. The van der Waals surface area contributed by atoms with Crippen molar-refractivity contribution in [3.63, 3.8) is 0 Å². The fourth-order valence-corrected chi connectivity index (χ4v) is 4.38. The van der Waals surface area contributed by atoms with E-state index in [2.05, 4.69) is 10.6 Å². The molecule has 1 aliphatic rings. The molecular formula is C31H25N3O6. The van der Waals surface area contributed by atoms with E-state index in [9.17, 15) is 19.2 Å². The molecule has 0 radical (unpaired) electrons. The Bertz CT molecular complexity index is 1680. The molecule has 4 aromatic rings. The maximum absolute atomic E-state index is 13.2. The molecule has 0 spiro atoms. The van der Waals surface area contributed by atoms with E-state index in [0.717, 1.165) is 26.8 Å². The van der Waals surface area contributed by atoms with Crippen LogP contribution in [0.5, 0.6) is 5.75 Å². The molecule has 1 saturated heterocycles. The number of imide groups is 1. The quantitative estimate of drug-likeness (QED) is 0.216. The van der Waals surface area contributed by atoms with Crippen molar-refractivity contribution in [1.29, 1.82) is 0 Å². The zero-order chi connectivity index (χ0) is 28.2. The minimum atomic E-state index is -1.01. The van der Waals surface area contributed by atoms with Crippen molar-refractivity contribution in [2.75, 3.05) is 11.9 Å². The number of fused-ring (bicyclic) bond motifs is 1. The van der Waals surface area contributed by atoms with E-state index in [4.69, 9.17) is 9.84 Å². The molecule has 40 heavy (non-hydrogen) atoms. The summed E-state index contributed by atoms with van der Waals surface area (Å²) in [6.07, 6.45) is 1.55. The number of nitrogens with zero attached hydrogens (tertiary/aromatic N) is 1. The summed E-state index contributed by atoms with van der Waals surface area (Å²) in [5.74, 6) is -1.68. The molecule has 4 aromatic carbocycles. The third-order valence-electron chi connectivity index (χ3n) is 6.38. The van der Waals surface area contributed by atoms with Crippen molar-refractivity contribution in [3.8, 4) is 5.75 Å². The largest absolute Gasteiger partial charge is 0.488 e. The number of carbonyl (C=O) groups excluding carboxylic acids is 3. The molecule has 4 amide bonds. The van der Waals surface area contributed by atoms with Crippen LogP contribution >= 0.6 is 0 Å². The van der Waals surface area contributed by atoms with Crippen LogP contribution in [0.4, 0.5) is 10.5 Å². The molecule has 3 N–H and O–H groups in total. The minimum absolute atomic E-state index is 0.0142. The number of benzene rings is 4. The number of aryl methyl sites for hydroxylation is 1. The van der Waals surface area contributed by atoms with Crippen LogP contribution in [0.25, 0.3) is 16.8 Å². The van der Waals surface area contributed by atoms with Crippen LogP contribution in [-0.2, 0) is 16.2 Å². The van der Waals surface area contributed by atoms with Crippen LogP contribution in [0, 0.1) is 6.92 Å². The molecule has 0 saturated carbocycles. The molecule has 0 atom stereocenters. The van der Waals surface area contributed by atoms with Gasteiger partial charge in [0.05, 0.1) is 5.56 Å². The Morgan fingerprint density at radius 3 is 2.50 bits per heavy atom. The molecule has 200 valence electrons. The zero-order valence-electron chi connectivity index (χ0n) is 21.5. The fourth-order valence-electron chi connectivity index (χ4n) is 4.38. The number of hydrogen-bond donors (Lipinski definition) is 3. The first-order valence-corrected chi connectivity index (χ1v) is 12.5. The number of hydrogen-bond acceptors (Lipinski definition) is 5.